The van der Waals surface area contributed by atoms with Crippen molar-refractivity contribution in [2.75, 3.05) is 0 Å². The molecule has 3 heteroatoms. The Morgan fingerprint density at radius 3 is 2.33 bits per heavy atom. The number of aromatic nitrogens is 1. The molecule has 3 nitrogen and oxygen atoms in total. The maximum Gasteiger partial charge on any atom is 0.416 e. The molecule has 1 aromatic heterocycles. The van der Waals surface area contributed by atoms with Crippen LogP contribution in [0, 0.1) is 0 Å². The Kier molecular flexibility index (Phi) is 2.13. The van der Waals surface area contributed by atoms with E-state index in [0.29, 0.717) is 0 Å². The molecule has 0 bridgehead atoms. The summed E-state index contributed by atoms with van der Waals surface area (Å²) >= 11 is 0. The molecular weight excluding hydrogens is 154 g/mol. The highest BCUT2D eigenvalue weighted by Gasteiger charge is 2.21. The van der Waals surface area contributed by atoms with Gasteiger partial charge in [-0.15, -0.1) is 0 Å². The monoisotopic (exact) mass is 169 g/mol. The van der Waals surface area contributed by atoms with Crippen LogP contribution in [0.2, 0.25) is 0 Å². The lowest BCUT2D eigenvalue weighted by atomic mass is 9.90. The van der Waals surface area contributed by atoms with E-state index in [-0.39, 0.29) is 11.2 Å². The summed E-state index contributed by atoms with van der Waals surface area (Å²) in [4.78, 5) is 13.6. The summed E-state index contributed by atoms with van der Waals surface area (Å²) in [6.45, 7) is 8.12. The van der Waals surface area contributed by atoms with Gasteiger partial charge in [-0.05, 0) is 0 Å². The first-order valence-electron chi connectivity index (χ1n) is 4.17. The predicted octanol–water partition coefficient (Wildman–Crippen LogP) is 1.83. The van der Waals surface area contributed by atoms with Gasteiger partial charge in [0, 0.05) is 11.8 Å². The molecule has 0 aliphatic heterocycles. The molecule has 0 amide bonds. The van der Waals surface area contributed by atoms with E-state index < -0.39 is 0 Å². The summed E-state index contributed by atoms with van der Waals surface area (Å²) in [5.41, 5.74) is 0.868. The molecule has 1 rings (SSSR count). The third-order valence-corrected chi connectivity index (χ3v) is 1.79. The molecule has 68 valence electrons. The number of rotatable bonds is 1. The number of hydrogen-bond acceptors (Lipinski definition) is 2. The minimum absolute atomic E-state index is 0.0441. The Morgan fingerprint density at radius 1 is 1.42 bits per heavy atom. The highest BCUT2D eigenvalue weighted by molar-refractivity contribution is 5.16. The highest BCUT2D eigenvalue weighted by Crippen LogP contribution is 2.22. The Bertz CT molecular complexity index is 314. The molecule has 0 saturated carbocycles. The van der Waals surface area contributed by atoms with Crippen LogP contribution in [0.4, 0.5) is 0 Å². The van der Waals surface area contributed by atoms with Gasteiger partial charge in [-0.25, -0.2) is 4.79 Å². The summed E-state index contributed by atoms with van der Waals surface area (Å²) < 4.78 is 4.98. The summed E-state index contributed by atoms with van der Waals surface area (Å²) in [5.74, 6) is 0.421. The van der Waals surface area contributed by atoms with Crippen molar-refractivity contribution in [1.29, 1.82) is 0 Å². The van der Waals surface area contributed by atoms with Crippen molar-refractivity contribution < 1.29 is 4.42 Å². The van der Waals surface area contributed by atoms with E-state index in [4.69, 9.17) is 4.42 Å². The van der Waals surface area contributed by atoms with E-state index >= 15 is 0 Å². The fourth-order valence-electron chi connectivity index (χ4n) is 1.21. The van der Waals surface area contributed by atoms with Crippen LogP contribution < -0.4 is 5.76 Å². The van der Waals surface area contributed by atoms with E-state index in [1.807, 2.05) is 27.7 Å². The Morgan fingerprint density at radius 2 is 2.00 bits per heavy atom. The predicted molar refractivity (Wildman–Crippen MR) is 47.4 cm³/mol. The van der Waals surface area contributed by atoms with Crippen molar-refractivity contribution in [1.82, 2.24) is 4.98 Å². The lowest BCUT2D eigenvalue weighted by molar-refractivity contribution is 0.463. The normalized spacial score (nSPS) is 12.0. The first kappa shape index (κ1) is 9.10. The molecule has 0 fully saturated rings. The zero-order chi connectivity index (χ0) is 9.35. The van der Waals surface area contributed by atoms with E-state index in [9.17, 15) is 4.79 Å². The average molecular weight is 169 g/mol. The van der Waals surface area contributed by atoms with Crippen molar-refractivity contribution in [2.24, 2.45) is 0 Å². The van der Waals surface area contributed by atoms with Crippen LogP contribution in [0.5, 0.6) is 0 Å². The topological polar surface area (TPSA) is 46.0 Å². The van der Waals surface area contributed by atoms with Crippen LogP contribution in [-0.4, -0.2) is 4.98 Å². The summed E-state index contributed by atoms with van der Waals surface area (Å²) in [7, 11) is 0. The van der Waals surface area contributed by atoms with Crippen LogP contribution in [0.25, 0.3) is 0 Å². The minimum atomic E-state index is -0.350. The molecule has 1 heterocycles. The van der Waals surface area contributed by atoms with Gasteiger partial charge in [-0.3, -0.25) is 4.98 Å². The smallest absolute Gasteiger partial charge is 0.413 e. The first-order valence-corrected chi connectivity index (χ1v) is 4.17. The molecule has 12 heavy (non-hydrogen) atoms. The SMILES string of the molecule is CCc1oc(=O)[nH]c1C(C)(C)C. The van der Waals surface area contributed by atoms with Crippen molar-refractivity contribution in [3.8, 4) is 0 Å². The van der Waals surface area contributed by atoms with Crippen LogP contribution in [-0.2, 0) is 11.8 Å². The Hall–Kier alpha value is -0.990. The molecule has 0 aromatic carbocycles. The zero-order valence-corrected chi connectivity index (χ0v) is 8.02. The van der Waals surface area contributed by atoms with Gasteiger partial charge < -0.3 is 4.42 Å². The first-order chi connectivity index (χ1) is 5.45. The molecule has 0 saturated heterocycles. The average Bonchev–Trinajstić information content (AvgIpc) is 2.29. The number of aromatic amines is 1. The van der Waals surface area contributed by atoms with E-state index in [1.165, 1.54) is 0 Å². The molecule has 0 radical (unpaired) electrons. The lowest BCUT2D eigenvalue weighted by Crippen LogP contribution is -2.15. The van der Waals surface area contributed by atoms with E-state index in [1.54, 1.807) is 0 Å². The fourth-order valence-corrected chi connectivity index (χ4v) is 1.21. The van der Waals surface area contributed by atoms with Crippen LogP contribution in [0.3, 0.4) is 0 Å². The Balaban J connectivity index is 3.23. The molecule has 0 spiro atoms. The maximum absolute atomic E-state index is 10.9. The van der Waals surface area contributed by atoms with E-state index in [2.05, 4.69) is 4.98 Å². The van der Waals surface area contributed by atoms with Gasteiger partial charge in [0.05, 0.1) is 5.69 Å². The zero-order valence-electron chi connectivity index (χ0n) is 8.02. The number of nitrogens with one attached hydrogen (secondary N) is 1. The molecular formula is C9H15NO2. The number of oxazole rings is 1. The van der Waals surface area contributed by atoms with Crippen LogP contribution >= 0.6 is 0 Å². The largest absolute Gasteiger partial charge is 0.416 e. The van der Waals surface area contributed by atoms with Crippen molar-refractivity contribution in [2.45, 2.75) is 39.5 Å². The lowest BCUT2D eigenvalue weighted by Gasteiger charge is -2.16. The third kappa shape index (κ3) is 1.60. The summed E-state index contributed by atoms with van der Waals surface area (Å²) in [5, 5.41) is 0. The van der Waals surface area contributed by atoms with Crippen LogP contribution in [0.15, 0.2) is 9.21 Å². The summed E-state index contributed by atoms with van der Waals surface area (Å²) in [6, 6.07) is 0. The van der Waals surface area contributed by atoms with Crippen molar-refractivity contribution in [3.63, 3.8) is 0 Å². The second-order valence-electron chi connectivity index (χ2n) is 3.92. The second-order valence-corrected chi connectivity index (χ2v) is 3.92. The van der Waals surface area contributed by atoms with Gasteiger partial charge in [0.15, 0.2) is 0 Å². The van der Waals surface area contributed by atoms with Gasteiger partial charge >= 0.3 is 5.76 Å². The number of H-pyrrole nitrogens is 1. The molecule has 1 N–H and O–H groups in total. The van der Waals surface area contributed by atoms with Gasteiger partial charge in [-0.1, -0.05) is 27.7 Å². The van der Waals surface area contributed by atoms with E-state index in [0.717, 1.165) is 17.9 Å². The number of aryl methyl sites for hydroxylation is 1. The quantitative estimate of drug-likeness (QED) is 0.697. The standard InChI is InChI=1S/C9H15NO2/c1-5-6-7(9(2,3)4)10-8(11)12-6/h5H2,1-4H3,(H,10,11). The third-order valence-electron chi connectivity index (χ3n) is 1.79. The molecule has 0 atom stereocenters. The van der Waals surface area contributed by atoms with Gasteiger partial charge in [0.2, 0.25) is 0 Å². The highest BCUT2D eigenvalue weighted by atomic mass is 16.4. The number of hydrogen-bond donors (Lipinski definition) is 1. The maximum atomic E-state index is 10.9. The minimum Gasteiger partial charge on any atom is -0.413 e. The van der Waals surface area contributed by atoms with Crippen LogP contribution in [0.1, 0.15) is 39.1 Å². The second kappa shape index (κ2) is 2.81. The van der Waals surface area contributed by atoms with Gasteiger partial charge in [0.1, 0.15) is 5.76 Å². The molecule has 0 aliphatic rings. The van der Waals surface area contributed by atoms with Gasteiger partial charge in [-0.2, -0.15) is 0 Å². The molecule has 0 aliphatic carbocycles. The molecule has 0 unspecified atom stereocenters. The Labute approximate surface area is 71.8 Å². The van der Waals surface area contributed by atoms with Gasteiger partial charge in [0.25, 0.3) is 0 Å². The fraction of sp³-hybridized carbons (Fsp3) is 0.667. The van der Waals surface area contributed by atoms with Crippen molar-refractivity contribution >= 4 is 0 Å². The molecule has 1 aromatic rings. The van der Waals surface area contributed by atoms with Crippen molar-refractivity contribution in [3.05, 3.63) is 22.0 Å². The summed E-state index contributed by atoms with van der Waals surface area (Å²) in [6.07, 6.45) is 0.755.